The van der Waals surface area contributed by atoms with Crippen LogP contribution >= 0.6 is 0 Å². The minimum Gasteiger partial charge on any atom is -0.467 e. The van der Waals surface area contributed by atoms with Crippen molar-refractivity contribution < 1.29 is 42.9 Å². The average Bonchev–Trinajstić information content (AvgIpc) is 3.01. The zero-order valence-corrected chi connectivity index (χ0v) is 27.7. The van der Waals surface area contributed by atoms with Crippen LogP contribution in [0.2, 0.25) is 0 Å². The van der Waals surface area contributed by atoms with Crippen molar-refractivity contribution in [1.29, 1.82) is 0 Å². The Morgan fingerprint density at radius 3 is 1.52 bits per heavy atom. The Bertz CT molecular complexity index is 795. The number of amides is 3. The SMILES string of the molecule is COCCCCC(=O)C[C@@H](CCCCNC(=O)CCCCOC)C(=O)NC(CCCCNC(=O)CCCCOC)C(=O)OC. The summed E-state index contributed by atoms with van der Waals surface area (Å²) in [5.74, 6) is -1.51. The van der Waals surface area contributed by atoms with Crippen molar-refractivity contribution in [2.45, 2.75) is 109 Å². The summed E-state index contributed by atoms with van der Waals surface area (Å²) in [4.78, 5) is 62.4. The molecule has 0 spiro atoms. The van der Waals surface area contributed by atoms with Gasteiger partial charge in [0.25, 0.3) is 0 Å². The van der Waals surface area contributed by atoms with E-state index < -0.39 is 17.9 Å². The van der Waals surface area contributed by atoms with Gasteiger partial charge in [0.15, 0.2) is 0 Å². The van der Waals surface area contributed by atoms with E-state index in [2.05, 4.69) is 16.0 Å². The minimum absolute atomic E-state index is 0.00167. The van der Waals surface area contributed by atoms with Crippen LogP contribution in [0.4, 0.5) is 0 Å². The zero-order chi connectivity index (χ0) is 32.8. The lowest BCUT2D eigenvalue weighted by Gasteiger charge is -2.21. The first-order valence-electron chi connectivity index (χ1n) is 16.2. The van der Waals surface area contributed by atoms with Crippen molar-refractivity contribution in [3.05, 3.63) is 0 Å². The third kappa shape index (κ3) is 23.8. The van der Waals surface area contributed by atoms with Gasteiger partial charge in [-0.1, -0.05) is 6.42 Å². The highest BCUT2D eigenvalue weighted by Gasteiger charge is 2.27. The highest BCUT2D eigenvalue weighted by molar-refractivity contribution is 5.89. The van der Waals surface area contributed by atoms with Crippen molar-refractivity contribution in [2.24, 2.45) is 5.92 Å². The van der Waals surface area contributed by atoms with Crippen molar-refractivity contribution >= 4 is 29.5 Å². The number of nitrogens with one attached hydrogen (secondary N) is 3. The van der Waals surface area contributed by atoms with Gasteiger partial charge in [-0.3, -0.25) is 19.2 Å². The van der Waals surface area contributed by atoms with E-state index in [0.717, 1.165) is 32.1 Å². The Morgan fingerprint density at radius 2 is 1.05 bits per heavy atom. The molecule has 3 N–H and O–H groups in total. The number of Topliss-reactive ketones (excluding diaryl/α,β-unsaturated/α-hetero) is 1. The second-order valence-electron chi connectivity index (χ2n) is 11.1. The van der Waals surface area contributed by atoms with Gasteiger partial charge in [0.2, 0.25) is 17.7 Å². The van der Waals surface area contributed by atoms with Crippen LogP contribution in [0.3, 0.4) is 0 Å². The Kier molecular flexibility index (Phi) is 27.5. The molecule has 0 radical (unpaired) electrons. The van der Waals surface area contributed by atoms with Gasteiger partial charge in [0.05, 0.1) is 7.11 Å². The van der Waals surface area contributed by atoms with Gasteiger partial charge in [-0.05, 0) is 70.6 Å². The van der Waals surface area contributed by atoms with Crippen LogP contribution in [0.25, 0.3) is 0 Å². The van der Waals surface area contributed by atoms with E-state index in [1.165, 1.54) is 7.11 Å². The molecule has 0 aromatic heterocycles. The lowest BCUT2D eigenvalue weighted by atomic mass is 9.93. The summed E-state index contributed by atoms with van der Waals surface area (Å²) in [6.07, 6.45) is 9.37. The largest absolute Gasteiger partial charge is 0.467 e. The standard InChI is InChI=1S/C32H59N3O9/c1-41-22-12-7-16-27(36)25-26(15-5-10-20-33-29(37)18-8-13-23-42-2)31(39)35-28(32(40)44-4)17-6-11-21-34-30(38)19-9-14-24-43-3/h26,28H,5-25H2,1-4H3,(H,33,37)(H,34,38)(H,35,39)/t26-,28?/m1/s1. The normalized spacial score (nSPS) is 12.3. The van der Waals surface area contributed by atoms with Crippen LogP contribution in [0.15, 0.2) is 0 Å². The van der Waals surface area contributed by atoms with E-state index in [0.29, 0.717) is 97.1 Å². The molecule has 3 amide bonds. The molecule has 0 heterocycles. The topological polar surface area (TPSA) is 158 Å². The van der Waals surface area contributed by atoms with Crippen LogP contribution in [0.1, 0.15) is 103 Å². The highest BCUT2D eigenvalue weighted by Crippen LogP contribution is 2.17. The molecule has 12 nitrogen and oxygen atoms in total. The first-order chi connectivity index (χ1) is 21.3. The molecule has 0 aliphatic rings. The van der Waals surface area contributed by atoms with Crippen LogP contribution in [-0.2, 0) is 42.9 Å². The number of esters is 1. The van der Waals surface area contributed by atoms with E-state index >= 15 is 0 Å². The van der Waals surface area contributed by atoms with Gasteiger partial charge in [-0.2, -0.15) is 0 Å². The molecule has 0 aliphatic heterocycles. The fourth-order valence-corrected chi connectivity index (χ4v) is 4.64. The first-order valence-corrected chi connectivity index (χ1v) is 16.2. The maximum atomic E-state index is 13.3. The molecule has 0 aliphatic carbocycles. The summed E-state index contributed by atoms with van der Waals surface area (Å²) in [6, 6.07) is -0.839. The molecule has 0 bridgehead atoms. The molecule has 44 heavy (non-hydrogen) atoms. The van der Waals surface area contributed by atoms with Crippen LogP contribution in [0, 0.1) is 5.92 Å². The monoisotopic (exact) mass is 629 g/mol. The fourth-order valence-electron chi connectivity index (χ4n) is 4.64. The molecule has 0 fully saturated rings. The molecule has 12 heteroatoms. The molecule has 0 aromatic rings. The van der Waals surface area contributed by atoms with Gasteiger partial charge >= 0.3 is 5.97 Å². The summed E-state index contributed by atoms with van der Waals surface area (Å²) in [7, 11) is 6.16. The minimum atomic E-state index is -0.839. The Balaban J connectivity index is 4.86. The maximum Gasteiger partial charge on any atom is 0.328 e. The summed E-state index contributed by atoms with van der Waals surface area (Å²) < 4.78 is 20.0. The number of carbonyl (C=O) groups excluding carboxylic acids is 5. The predicted octanol–water partition coefficient (Wildman–Crippen LogP) is 3.24. The fraction of sp³-hybridized carbons (Fsp3) is 0.844. The number of ketones is 1. The predicted molar refractivity (Wildman–Crippen MR) is 168 cm³/mol. The maximum absolute atomic E-state index is 13.3. The van der Waals surface area contributed by atoms with Crippen molar-refractivity contribution in [3.63, 3.8) is 0 Å². The summed E-state index contributed by atoms with van der Waals surface area (Å²) in [6.45, 7) is 2.82. The van der Waals surface area contributed by atoms with E-state index in [-0.39, 0.29) is 29.9 Å². The van der Waals surface area contributed by atoms with Gasteiger partial charge in [0, 0.05) is 85.8 Å². The molecule has 0 rings (SSSR count). The second kappa shape index (κ2) is 29.2. The lowest BCUT2D eigenvalue weighted by Crippen LogP contribution is -2.44. The molecule has 256 valence electrons. The average molecular weight is 630 g/mol. The van der Waals surface area contributed by atoms with Crippen molar-refractivity contribution in [1.82, 2.24) is 16.0 Å². The van der Waals surface area contributed by atoms with Gasteiger partial charge in [0.1, 0.15) is 11.8 Å². The van der Waals surface area contributed by atoms with Crippen LogP contribution < -0.4 is 16.0 Å². The molecule has 0 saturated carbocycles. The Morgan fingerprint density at radius 1 is 0.568 bits per heavy atom. The molecular formula is C32H59N3O9. The number of unbranched alkanes of at least 4 members (excludes halogenated alkanes) is 5. The number of ether oxygens (including phenoxy) is 4. The molecular weight excluding hydrogens is 570 g/mol. The second-order valence-corrected chi connectivity index (χ2v) is 11.1. The molecule has 1 unspecified atom stereocenters. The molecule has 2 atom stereocenters. The number of hydrogen-bond donors (Lipinski definition) is 3. The Hall–Kier alpha value is -2.57. The van der Waals surface area contributed by atoms with E-state index in [4.69, 9.17) is 18.9 Å². The number of rotatable bonds is 30. The third-order valence-corrected chi connectivity index (χ3v) is 7.25. The van der Waals surface area contributed by atoms with Gasteiger partial charge in [-0.25, -0.2) is 4.79 Å². The Labute approximate surface area is 264 Å². The van der Waals surface area contributed by atoms with E-state index in [9.17, 15) is 24.0 Å². The van der Waals surface area contributed by atoms with Crippen molar-refractivity contribution in [2.75, 3.05) is 61.3 Å². The highest BCUT2D eigenvalue weighted by atomic mass is 16.5. The van der Waals surface area contributed by atoms with Crippen LogP contribution in [0.5, 0.6) is 0 Å². The van der Waals surface area contributed by atoms with Gasteiger partial charge in [-0.15, -0.1) is 0 Å². The third-order valence-electron chi connectivity index (χ3n) is 7.25. The van der Waals surface area contributed by atoms with E-state index in [1.54, 1.807) is 21.3 Å². The lowest BCUT2D eigenvalue weighted by molar-refractivity contribution is -0.146. The quantitative estimate of drug-likeness (QED) is 0.0801. The molecule has 0 saturated heterocycles. The number of methoxy groups -OCH3 is 4. The zero-order valence-electron chi connectivity index (χ0n) is 27.7. The van der Waals surface area contributed by atoms with E-state index in [1.807, 2.05) is 0 Å². The van der Waals surface area contributed by atoms with Crippen LogP contribution in [-0.4, -0.2) is 96.9 Å². The number of hydrogen-bond acceptors (Lipinski definition) is 9. The van der Waals surface area contributed by atoms with Crippen molar-refractivity contribution in [3.8, 4) is 0 Å². The summed E-state index contributed by atoms with van der Waals surface area (Å²) in [5, 5.41) is 8.60. The first kappa shape index (κ1) is 41.4. The van der Waals surface area contributed by atoms with Gasteiger partial charge < -0.3 is 34.9 Å². The summed E-state index contributed by atoms with van der Waals surface area (Å²) in [5.41, 5.74) is 0. The summed E-state index contributed by atoms with van der Waals surface area (Å²) >= 11 is 0. The smallest absolute Gasteiger partial charge is 0.328 e. The molecule has 0 aromatic carbocycles. The number of carbonyl (C=O) groups is 5.